The van der Waals surface area contributed by atoms with Crippen LogP contribution >= 0.6 is 0 Å². The van der Waals surface area contributed by atoms with Crippen LogP contribution in [-0.4, -0.2) is 28.9 Å². The van der Waals surface area contributed by atoms with Crippen molar-refractivity contribution < 1.29 is 32.5 Å². The first kappa shape index (κ1) is 28.8. The van der Waals surface area contributed by atoms with Crippen molar-refractivity contribution in [1.82, 2.24) is 0 Å². The van der Waals surface area contributed by atoms with Crippen molar-refractivity contribution in [3.63, 3.8) is 0 Å². The Bertz CT molecular complexity index is 1240. The molecule has 0 amide bonds. The molecule has 0 bridgehead atoms. The van der Waals surface area contributed by atoms with E-state index in [9.17, 15) is 28.3 Å². The van der Waals surface area contributed by atoms with Gasteiger partial charge < -0.3 is 19.7 Å². The minimum atomic E-state index is -4.49. The second kappa shape index (κ2) is 13.1. The number of rotatable bonds is 11. The van der Waals surface area contributed by atoms with Gasteiger partial charge in [-0.25, -0.2) is 4.79 Å². The highest BCUT2D eigenvalue weighted by atomic mass is 19.4. The van der Waals surface area contributed by atoms with Crippen molar-refractivity contribution in [2.24, 2.45) is 0 Å². The summed E-state index contributed by atoms with van der Waals surface area (Å²) >= 11 is 0. The molecule has 1 unspecified atom stereocenters. The molecule has 0 saturated carbocycles. The Balaban J connectivity index is 1.64. The molecule has 0 fully saturated rings. The molecule has 0 aliphatic rings. The first-order chi connectivity index (χ1) is 18.1. The van der Waals surface area contributed by atoms with E-state index in [2.05, 4.69) is 18.8 Å². The summed E-state index contributed by atoms with van der Waals surface area (Å²) < 4.78 is 43.0. The van der Waals surface area contributed by atoms with Crippen LogP contribution in [0.1, 0.15) is 54.0 Å². The molecule has 0 aromatic heterocycles. The van der Waals surface area contributed by atoms with Crippen LogP contribution in [-0.2, 0) is 24.1 Å². The van der Waals surface area contributed by atoms with Gasteiger partial charge >= 0.3 is 12.1 Å². The second-order valence-electron chi connectivity index (χ2n) is 9.15. The van der Waals surface area contributed by atoms with Gasteiger partial charge in [-0.2, -0.15) is 13.2 Å². The molecule has 3 aromatic rings. The number of ether oxygens (including phenoxy) is 1. The van der Waals surface area contributed by atoms with E-state index in [1.54, 1.807) is 24.3 Å². The summed E-state index contributed by atoms with van der Waals surface area (Å²) in [7, 11) is 0. The van der Waals surface area contributed by atoms with Crippen LogP contribution in [0.25, 0.3) is 0 Å². The standard InChI is InChI=1S/C30H30F3NO4/c1-2-3-4-19-38-28-17-13-24(14-18-28)6-5-23-7-9-25(10-8-23)20-34(37,22-29(35)36)21-26-11-15-27(16-12-26)30(31,32)33/h7-18H,2-4,19-22H2,1H3,(H,35,36). The lowest BCUT2D eigenvalue weighted by atomic mass is 10.1. The number of unbranched alkanes of at least 4 members (excludes halogenated alkanes) is 2. The highest BCUT2D eigenvalue weighted by molar-refractivity contribution is 5.68. The number of carbonyl (C=O) groups is 1. The fraction of sp³-hybridized carbons (Fsp3) is 0.300. The Morgan fingerprint density at radius 1 is 0.868 bits per heavy atom. The minimum Gasteiger partial charge on any atom is -0.632 e. The van der Waals surface area contributed by atoms with Gasteiger partial charge in [0.2, 0.25) is 0 Å². The lowest BCUT2D eigenvalue weighted by Crippen LogP contribution is -2.44. The maximum atomic E-state index is 13.4. The van der Waals surface area contributed by atoms with Crippen molar-refractivity contribution >= 4 is 5.97 Å². The summed E-state index contributed by atoms with van der Waals surface area (Å²) in [5, 5.41) is 22.6. The quantitative estimate of drug-likeness (QED) is 0.130. The fourth-order valence-corrected chi connectivity index (χ4v) is 3.89. The van der Waals surface area contributed by atoms with Crippen molar-refractivity contribution in [3.8, 4) is 17.6 Å². The monoisotopic (exact) mass is 525 g/mol. The number of benzene rings is 3. The molecule has 3 rings (SSSR count). The molecule has 0 saturated heterocycles. The van der Waals surface area contributed by atoms with Crippen LogP contribution in [0.2, 0.25) is 0 Å². The summed E-state index contributed by atoms with van der Waals surface area (Å²) in [5.41, 5.74) is 1.64. The van der Waals surface area contributed by atoms with Gasteiger partial charge in [0.1, 0.15) is 18.8 Å². The number of quaternary nitrogens is 1. The van der Waals surface area contributed by atoms with Gasteiger partial charge in [-0.05, 0) is 55.0 Å². The predicted octanol–water partition coefficient (Wildman–Crippen LogP) is 6.77. The average Bonchev–Trinajstić information content (AvgIpc) is 2.86. The SMILES string of the molecule is CCCCCOc1ccc(C#Cc2ccc(C[N+]([O-])(CC(=O)O)Cc3ccc(C(F)(F)F)cc3)cc2)cc1. The van der Waals surface area contributed by atoms with E-state index in [0.29, 0.717) is 17.7 Å². The van der Waals surface area contributed by atoms with Crippen molar-refractivity contribution in [2.45, 2.75) is 45.5 Å². The lowest BCUT2D eigenvalue weighted by Gasteiger charge is -2.41. The van der Waals surface area contributed by atoms with E-state index >= 15 is 0 Å². The first-order valence-electron chi connectivity index (χ1n) is 12.4. The second-order valence-corrected chi connectivity index (χ2v) is 9.15. The topological polar surface area (TPSA) is 69.6 Å². The van der Waals surface area contributed by atoms with Gasteiger partial charge in [-0.3, -0.25) is 0 Å². The fourth-order valence-electron chi connectivity index (χ4n) is 3.89. The number of hydroxylamine groups is 3. The summed E-state index contributed by atoms with van der Waals surface area (Å²) in [6, 6.07) is 18.6. The van der Waals surface area contributed by atoms with Gasteiger partial charge in [-0.15, -0.1) is 0 Å². The predicted molar refractivity (Wildman–Crippen MR) is 139 cm³/mol. The zero-order valence-electron chi connectivity index (χ0n) is 21.1. The highest BCUT2D eigenvalue weighted by Crippen LogP contribution is 2.30. The molecule has 3 aromatic carbocycles. The minimum absolute atomic E-state index is 0.152. The zero-order chi connectivity index (χ0) is 27.6. The van der Waals surface area contributed by atoms with Crippen LogP contribution in [0.4, 0.5) is 13.2 Å². The van der Waals surface area contributed by atoms with Crippen LogP contribution in [0.3, 0.4) is 0 Å². The van der Waals surface area contributed by atoms with Gasteiger partial charge in [0.05, 0.1) is 12.2 Å². The highest BCUT2D eigenvalue weighted by Gasteiger charge is 2.30. The molecule has 0 aliphatic carbocycles. The van der Waals surface area contributed by atoms with E-state index in [-0.39, 0.29) is 13.1 Å². The molecule has 1 N–H and O–H groups in total. The number of hydrogen-bond donors (Lipinski definition) is 1. The van der Waals surface area contributed by atoms with Crippen LogP contribution in [0.15, 0.2) is 72.8 Å². The normalized spacial score (nSPS) is 12.8. The third-order valence-electron chi connectivity index (χ3n) is 5.82. The lowest BCUT2D eigenvalue weighted by molar-refractivity contribution is -0.900. The number of aliphatic carboxylic acids is 1. The summed E-state index contributed by atoms with van der Waals surface area (Å²) in [6.07, 6.45) is -1.19. The van der Waals surface area contributed by atoms with Crippen molar-refractivity contribution in [1.29, 1.82) is 0 Å². The Morgan fingerprint density at radius 2 is 1.37 bits per heavy atom. The molecule has 8 heteroatoms. The number of alkyl halides is 3. The van der Waals surface area contributed by atoms with E-state index in [1.807, 2.05) is 24.3 Å². The molecule has 0 aliphatic heterocycles. The van der Waals surface area contributed by atoms with Gasteiger partial charge in [0.25, 0.3) is 0 Å². The average molecular weight is 526 g/mol. The molecule has 0 heterocycles. The maximum Gasteiger partial charge on any atom is 0.416 e. The number of carboxylic acid groups (broad SMARTS) is 1. The number of hydrogen-bond acceptors (Lipinski definition) is 3. The molecular formula is C30H30F3NO4. The zero-order valence-corrected chi connectivity index (χ0v) is 21.1. The third-order valence-corrected chi connectivity index (χ3v) is 5.82. The molecule has 200 valence electrons. The smallest absolute Gasteiger partial charge is 0.416 e. The van der Waals surface area contributed by atoms with Crippen LogP contribution in [0.5, 0.6) is 5.75 Å². The van der Waals surface area contributed by atoms with Gasteiger partial charge in [0.15, 0.2) is 6.54 Å². The third kappa shape index (κ3) is 9.25. The van der Waals surface area contributed by atoms with Gasteiger partial charge in [-0.1, -0.05) is 55.9 Å². The first-order valence-corrected chi connectivity index (χ1v) is 12.4. The Hall–Kier alpha value is -3.80. The van der Waals surface area contributed by atoms with Crippen LogP contribution < -0.4 is 4.74 Å². The molecule has 0 spiro atoms. The largest absolute Gasteiger partial charge is 0.632 e. The Morgan fingerprint density at radius 3 is 1.84 bits per heavy atom. The van der Waals surface area contributed by atoms with E-state index in [0.717, 1.165) is 48.3 Å². The molecular weight excluding hydrogens is 495 g/mol. The number of carboxylic acids is 1. The van der Waals surface area contributed by atoms with Crippen molar-refractivity contribution in [2.75, 3.05) is 13.2 Å². The molecule has 38 heavy (non-hydrogen) atoms. The van der Waals surface area contributed by atoms with Crippen molar-refractivity contribution in [3.05, 3.63) is 106 Å². The molecule has 1 atom stereocenters. The Labute approximate surface area is 220 Å². The molecule has 0 radical (unpaired) electrons. The Kier molecular flexibility index (Phi) is 9.94. The van der Waals surface area contributed by atoms with Crippen LogP contribution in [0, 0.1) is 17.0 Å². The summed E-state index contributed by atoms with van der Waals surface area (Å²) in [4.78, 5) is 11.4. The van der Waals surface area contributed by atoms with Gasteiger partial charge in [0, 0.05) is 22.3 Å². The number of halogens is 3. The summed E-state index contributed by atoms with van der Waals surface area (Å²) in [6.45, 7) is 1.68. The molecule has 5 nitrogen and oxygen atoms in total. The summed E-state index contributed by atoms with van der Waals surface area (Å²) in [5.74, 6) is 5.65. The van der Waals surface area contributed by atoms with E-state index < -0.39 is 28.9 Å². The number of nitrogens with zero attached hydrogens (tertiary/aromatic N) is 1. The van der Waals surface area contributed by atoms with E-state index in [4.69, 9.17) is 4.74 Å². The maximum absolute atomic E-state index is 13.4. The van der Waals surface area contributed by atoms with E-state index in [1.165, 1.54) is 12.1 Å².